The van der Waals surface area contributed by atoms with Crippen molar-refractivity contribution in [1.82, 2.24) is 4.98 Å². The number of nitrogens with zero attached hydrogens (tertiary/aromatic N) is 1. The molecule has 0 aliphatic rings. The lowest BCUT2D eigenvalue weighted by atomic mass is 10.1. The highest BCUT2D eigenvalue weighted by molar-refractivity contribution is 6.34. The second-order valence-electron chi connectivity index (χ2n) is 3.82. The molecule has 0 amide bonds. The smallest absolute Gasteiger partial charge is 0.154 e. The Morgan fingerprint density at radius 1 is 1.47 bits per heavy atom. The highest BCUT2D eigenvalue weighted by atomic mass is 35.5. The first-order valence-corrected chi connectivity index (χ1v) is 5.86. The zero-order chi connectivity index (χ0) is 11.4. The first kappa shape index (κ1) is 12.6. The number of hydrogen-bond acceptors (Lipinski definition) is 2. The van der Waals surface area contributed by atoms with E-state index < -0.39 is 0 Å². The highest BCUT2D eigenvalue weighted by Crippen LogP contribution is 2.26. The Morgan fingerprint density at radius 3 is 2.67 bits per heavy atom. The summed E-state index contributed by atoms with van der Waals surface area (Å²) in [4.78, 5) is 4.01. The molecule has 1 N–H and O–H groups in total. The Balaban J connectivity index is 2.77. The summed E-state index contributed by atoms with van der Waals surface area (Å²) in [6.45, 7) is 7.24. The molecule has 0 aliphatic carbocycles. The monoisotopic (exact) mass is 246 g/mol. The molecule has 1 atom stereocenters. The van der Waals surface area contributed by atoms with Gasteiger partial charge in [-0.15, -0.1) is 0 Å². The molecule has 2 nitrogen and oxygen atoms in total. The van der Waals surface area contributed by atoms with E-state index in [1.807, 2.05) is 13.0 Å². The SMILES string of the molecule is CCC(C)CNc1c(C)cc(Cl)nc1Cl. The van der Waals surface area contributed by atoms with Crippen molar-refractivity contribution in [2.75, 3.05) is 11.9 Å². The number of rotatable bonds is 4. The van der Waals surface area contributed by atoms with Crippen LogP contribution in [0.15, 0.2) is 6.07 Å². The molecule has 1 aromatic heterocycles. The maximum Gasteiger partial charge on any atom is 0.154 e. The van der Waals surface area contributed by atoms with Crippen LogP contribution in [0.25, 0.3) is 0 Å². The van der Waals surface area contributed by atoms with E-state index in [9.17, 15) is 0 Å². The molecule has 84 valence electrons. The van der Waals surface area contributed by atoms with Crippen molar-refractivity contribution >= 4 is 28.9 Å². The summed E-state index contributed by atoms with van der Waals surface area (Å²) < 4.78 is 0. The van der Waals surface area contributed by atoms with Crippen LogP contribution in [0.2, 0.25) is 10.3 Å². The maximum absolute atomic E-state index is 6.00. The Hall–Kier alpha value is -0.470. The minimum absolute atomic E-state index is 0.437. The largest absolute Gasteiger partial charge is 0.382 e. The summed E-state index contributed by atoms with van der Waals surface area (Å²) in [6, 6.07) is 1.81. The Labute approximate surface area is 101 Å². The number of aryl methyl sites for hydroxylation is 1. The van der Waals surface area contributed by atoms with E-state index in [1.165, 1.54) is 0 Å². The molecule has 0 spiro atoms. The predicted molar refractivity (Wildman–Crippen MR) is 66.9 cm³/mol. The molecule has 0 saturated heterocycles. The molecule has 15 heavy (non-hydrogen) atoms. The highest BCUT2D eigenvalue weighted by Gasteiger charge is 2.08. The van der Waals surface area contributed by atoms with Crippen LogP contribution in [-0.2, 0) is 0 Å². The van der Waals surface area contributed by atoms with Crippen LogP contribution < -0.4 is 5.32 Å². The van der Waals surface area contributed by atoms with Crippen molar-refractivity contribution in [3.05, 3.63) is 21.9 Å². The summed E-state index contributed by atoms with van der Waals surface area (Å²) in [5.74, 6) is 0.621. The van der Waals surface area contributed by atoms with Gasteiger partial charge in [-0.3, -0.25) is 0 Å². The third-order valence-corrected chi connectivity index (χ3v) is 2.93. The second kappa shape index (κ2) is 5.57. The van der Waals surface area contributed by atoms with Crippen LogP contribution >= 0.6 is 23.2 Å². The van der Waals surface area contributed by atoms with Gasteiger partial charge < -0.3 is 5.32 Å². The van der Waals surface area contributed by atoms with Crippen LogP contribution in [0.3, 0.4) is 0 Å². The molecule has 1 unspecified atom stereocenters. The van der Waals surface area contributed by atoms with Crippen LogP contribution in [0.5, 0.6) is 0 Å². The van der Waals surface area contributed by atoms with E-state index >= 15 is 0 Å². The van der Waals surface area contributed by atoms with Gasteiger partial charge in [0.1, 0.15) is 5.15 Å². The number of hydrogen-bond donors (Lipinski definition) is 1. The standard InChI is InChI=1S/C11H16Cl2N2/c1-4-7(2)6-14-10-8(3)5-9(12)15-11(10)13/h5,7,14H,4,6H2,1-3H3. The molecule has 1 heterocycles. The molecule has 0 aromatic carbocycles. The molecule has 1 rings (SSSR count). The first-order valence-electron chi connectivity index (χ1n) is 5.11. The zero-order valence-corrected chi connectivity index (χ0v) is 10.8. The van der Waals surface area contributed by atoms with Crippen molar-refractivity contribution in [3.8, 4) is 0 Å². The van der Waals surface area contributed by atoms with Gasteiger partial charge in [-0.05, 0) is 24.5 Å². The normalized spacial score (nSPS) is 12.6. The third-order valence-electron chi connectivity index (χ3n) is 2.47. The van der Waals surface area contributed by atoms with E-state index in [0.29, 0.717) is 16.2 Å². The van der Waals surface area contributed by atoms with Crippen LogP contribution in [0.4, 0.5) is 5.69 Å². The summed E-state index contributed by atoms with van der Waals surface area (Å²) in [7, 11) is 0. The van der Waals surface area contributed by atoms with E-state index in [0.717, 1.165) is 24.2 Å². The number of nitrogens with one attached hydrogen (secondary N) is 1. The van der Waals surface area contributed by atoms with Gasteiger partial charge in [-0.1, -0.05) is 43.5 Å². The van der Waals surface area contributed by atoms with Gasteiger partial charge in [0.15, 0.2) is 5.15 Å². The van der Waals surface area contributed by atoms with E-state index in [4.69, 9.17) is 23.2 Å². The minimum Gasteiger partial charge on any atom is -0.382 e. The number of aromatic nitrogens is 1. The van der Waals surface area contributed by atoms with E-state index in [2.05, 4.69) is 24.1 Å². The Bertz CT molecular complexity index is 316. The Kier molecular flexibility index (Phi) is 4.68. The number of anilines is 1. The van der Waals surface area contributed by atoms with Crippen molar-refractivity contribution in [2.45, 2.75) is 27.2 Å². The molecule has 0 saturated carbocycles. The average molecular weight is 247 g/mol. The van der Waals surface area contributed by atoms with Crippen molar-refractivity contribution in [1.29, 1.82) is 0 Å². The van der Waals surface area contributed by atoms with Gasteiger partial charge in [-0.2, -0.15) is 0 Å². The second-order valence-corrected chi connectivity index (χ2v) is 4.57. The zero-order valence-electron chi connectivity index (χ0n) is 9.27. The fourth-order valence-electron chi connectivity index (χ4n) is 1.23. The molecule has 0 radical (unpaired) electrons. The van der Waals surface area contributed by atoms with Crippen LogP contribution in [0, 0.1) is 12.8 Å². The molecule has 4 heteroatoms. The van der Waals surface area contributed by atoms with Gasteiger partial charge in [-0.25, -0.2) is 4.98 Å². The lowest BCUT2D eigenvalue weighted by molar-refractivity contribution is 0.593. The third kappa shape index (κ3) is 3.54. The Morgan fingerprint density at radius 2 is 2.13 bits per heavy atom. The quantitative estimate of drug-likeness (QED) is 0.808. The number of halogens is 2. The summed E-state index contributed by atoms with van der Waals surface area (Å²) in [5.41, 5.74) is 1.92. The number of pyridine rings is 1. The lowest BCUT2D eigenvalue weighted by Crippen LogP contribution is -2.11. The average Bonchev–Trinajstić information content (AvgIpc) is 2.15. The van der Waals surface area contributed by atoms with Gasteiger partial charge in [0.25, 0.3) is 0 Å². The van der Waals surface area contributed by atoms with Crippen molar-refractivity contribution in [3.63, 3.8) is 0 Å². The predicted octanol–water partition coefficient (Wildman–Crippen LogP) is 4.15. The van der Waals surface area contributed by atoms with E-state index in [-0.39, 0.29) is 0 Å². The molecule has 1 aromatic rings. The van der Waals surface area contributed by atoms with Crippen molar-refractivity contribution < 1.29 is 0 Å². The van der Waals surface area contributed by atoms with Gasteiger partial charge in [0, 0.05) is 6.54 Å². The van der Waals surface area contributed by atoms with Crippen LogP contribution in [0.1, 0.15) is 25.8 Å². The summed E-state index contributed by atoms with van der Waals surface area (Å²) >= 11 is 11.8. The van der Waals surface area contributed by atoms with Crippen LogP contribution in [-0.4, -0.2) is 11.5 Å². The van der Waals surface area contributed by atoms with Gasteiger partial charge in [0.05, 0.1) is 5.69 Å². The molecular formula is C11H16Cl2N2. The van der Waals surface area contributed by atoms with Gasteiger partial charge >= 0.3 is 0 Å². The maximum atomic E-state index is 6.00. The first-order chi connectivity index (χ1) is 7.04. The fourth-order valence-corrected chi connectivity index (χ4v) is 1.83. The van der Waals surface area contributed by atoms with E-state index in [1.54, 1.807) is 0 Å². The van der Waals surface area contributed by atoms with Gasteiger partial charge in [0.2, 0.25) is 0 Å². The fraction of sp³-hybridized carbons (Fsp3) is 0.545. The van der Waals surface area contributed by atoms with Crippen molar-refractivity contribution in [2.24, 2.45) is 5.92 Å². The topological polar surface area (TPSA) is 24.9 Å². The summed E-state index contributed by atoms with van der Waals surface area (Å²) in [5, 5.41) is 4.19. The summed E-state index contributed by atoms with van der Waals surface area (Å²) in [6.07, 6.45) is 1.14. The minimum atomic E-state index is 0.437. The molecule has 0 bridgehead atoms. The molecular weight excluding hydrogens is 231 g/mol. The molecule has 0 aliphatic heterocycles. The molecule has 0 fully saturated rings. The lowest BCUT2D eigenvalue weighted by Gasteiger charge is -2.14.